The van der Waals surface area contributed by atoms with E-state index in [9.17, 15) is 0 Å². The van der Waals surface area contributed by atoms with Crippen molar-refractivity contribution in [1.29, 1.82) is 0 Å². The summed E-state index contributed by atoms with van der Waals surface area (Å²) in [6, 6.07) is 0.578. The maximum Gasteiger partial charge on any atom is 0.191 e. The highest BCUT2D eigenvalue weighted by atomic mass is 16.5. The first kappa shape index (κ1) is 19.5. The molecule has 1 heterocycles. The van der Waals surface area contributed by atoms with Gasteiger partial charge in [0, 0.05) is 38.4 Å². The van der Waals surface area contributed by atoms with Gasteiger partial charge in [-0.25, -0.2) is 0 Å². The molecule has 0 atom stereocenters. The lowest BCUT2D eigenvalue weighted by molar-refractivity contribution is -0.00504. The first-order chi connectivity index (χ1) is 11.6. The third-order valence-electron chi connectivity index (χ3n) is 6.07. The van der Waals surface area contributed by atoms with Crippen molar-refractivity contribution in [3.05, 3.63) is 0 Å². The summed E-state index contributed by atoms with van der Waals surface area (Å²) in [6.45, 7) is 4.93. The second-order valence-corrected chi connectivity index (χ2v) is 7.81. The Labute approximate surface area is 148 Å². The Morgan fingerprint density at radius 2 is 1.83 bits per heavy atom. The maximum absolute atomic E-state index is 5.56. The molecular weight excluding hydrogens is 300 g/mol. The highest BCUT2D eigenvalue weighted by Crippen LogP contribution is 2.28. The van der Waals surface area contributed by atoms with E-state index in [1.54, 1.807) is 0 Å². The Kier molecular flexibility index (Phi) is 7.82. The van der Waals surface area contributed by atoms with Gasteiger partial charge < -0.3 is 20.3 Å². The maximum atomic E-state index is 5.56. The molecule has 1 saturated carbocycles. The second kappa shape index (κ2) is 9.62. The van der Waals surface area contributed by atoms with Crippen LogP contribution in [0.2, 0.25) is 0 Å². The number of hydrogen-bond donors (Lipinski definition) is 2. The van der Waals surface area contributed by atoms with Gasteiger partial charge in [-0.2, -0.15) is 0 Å². The van der Waals surface area contributed by atoms with E-state index in [-0.39, 0.29) is 5.54 Å². The van der Waals surface area contributed by atoms with E-state index in [0.29, 0.717) is 6.04 Å². The van der Waals surface area contributed by atoms with Crippen LogP contribution in [-0.2, 0) is 4.74 Å². The molecule has 0 aromatic carbocycles. The molecule has 1 aliphatic heterocycles. The Morgan fingerprint density at radius 3 is 2.38 bits per heavy atom. The summed E-state index contributed by atoms with van der Waals surface area (Å²) in [6.07, 6.45) is 10.1. The number of likely N-dealkylation sites (N-methyl/N-ethyl adjacent to an activating group) is 1. The summed E-state index contributed by atoms with van der Waals surface area (Å²) in [5.74, 6) is 1.91. The molecule has 1 aliphatic carbocycles. The zero-order valence-corrected chi connectivity index (χ0v) is 16.2. The van der Waals surface area contributed by atoms with Crippen molar-refractivity contribution in [2.24, 2.45) is 10.9 Å². The molecule has 0 bridgehead atoms. The Morgan fingerprint density at radius 1 is 1.17 bits per heavy atom. The van der Waals surface area contributed by atoms with Crippen molar-refractivity contribution in [3.8, 4) is 0 Å². The summed E-state index contributed by atoms with van der Waals surface area (Å²) in [4.78, 5) is 6.81. The van der Waals surface area contributed by atoms with Gasteiger partial charge in [0.05, 0.1) is 0 Å². The number of nitrogens with zero attached hydrogens (tertiary/aromatic N) is 2. The van der Waals surface area contributed by atoms with E-state index in [2.05, 4.69) is 41.5 Å². The van der Waals surface area contributed by atoms with Gasteiger partial charge in [-0.05, 0) is 58.5 Å². The fraction of sp³-hybridized carbons (Fsp3) is 0.947. The van der Waals surface area contributed by atoms with Gasteiger partial charge in [0.2, 0.25) is 0 Å². The fourth-order valence-corrected chi connectivity index (χ4v) is 4.17. The third kappa shape index (κ3) is 5.35. The van der Waals surface area contributed by atoms with Gasteiger partial charge in [-0.1, -0.05) is 19.8 Å². The van der Waals surface area contributed by atoms with Gasteiger partial charge in [0.25, 0.3) is 0 Å². The molecule has 24 heavy (non-hydrogen) atoms. The van der Waals surface area contributed by atoms with Crippen LogP contribution >= 0.6 is 0 Å². The molecule has 1 saturated heterocycles. The Hall–Kier alpha value is -0.810. The average Bonchev–Trinajstić information content (AvgIpc) is 2.61. The zero-order chi connectivity index (χ0) is 17.4. The Balaban J connectivity index is 1.80. The van der Waals surface area contributed by atoms with E-state index >= 15 is 0 Å². The van der Waals surface area contributed by atoms with Crippen molar-refractivity contribution in [1.82, 2.24) is 15.5 Å². The predicted molar refractivity (Wildman–Crippen MR) is 102 cm³/mol. The quantitative estimate of drug-likeness (QED) is 0.577. The highest BCUT2D eigenvalue weighted by molar-refractivity contribution is 5.80. The van der Waals surface area contributed by atoms with Gasteiger partial charge >= 0.3 is 0 Å². The Bertz CT molecular complexity index is 383. The molecule has 140 valence electrons. The molecule has 0 unspecified atom stereocenters. The SMILES string of the molecule is CCCC1CCC(NC(=NC)NCC2(N(C)C)CCOCC2)CC1. The third-order valence-corrected chi connectivity index (χ3v) is 6.07. The van der Waals surface area contributed by atoms with Crippen molar-refractivity contribution in [2.75, 3.05) is 40.9 Å². The lowest BCUT2D eigenvalue weighted by Gasteiger charge is -2.43. The van der Waals surface area contributed by atoms with E-state index in [0.717, 1.165) is 44.5 Å². The summed E-state index contributed by atoms with van der Waals surface area (Å²) < 4.78 is 5.56. The number of hydrogen-bond acceptors (Lipinski definition) is 3. The van der Waals surface area contributed by atoms with Gasteiger partial charge in [-0.15, -0.1) is 0 Å². The summed E-state index contributed by atoms with van der Waals surface area (Å²) in [5.41, 5.74) is 0.175. The molecule has 0 spiro atoms. The lowest BCUT2D eigenvalue weighted by atomic mass is 9.83. The van der Waals surface area contributed by atoms with E-state index in [1.165, 1.54) is 38.5 Å². The van der Waals surface area contributed by atoms with Crippen molar-refractivity contribution >= 4 is 5.96 Å². The normalized spacial score (nSPS) is 28.0. The van der Waals surface area contributed by atoms with E-state index in [4.69, 9.17) is 4.74 Å². The molecule has 0 aromatic heterocycles. The minimum atomic E-state index is 0.175. The van der Waals surface area contributed by atoms with Crippen molar-refractivity contribution < 1.29 is 4.74 Å². The van der Waals surface area contributed by atoms with Crippen LogP contribution in [0.15, 0.2) is 4.99 Å². The number of guanidine groups is 1. The van der Waals surface area contributed by atoms with Crippen molar-refractivity contribution in [3.63, 3.8) is 0 Å². The van der Waals surface area contributed by atoms with Crippen LogP contribution in [0.4, 0.5) is 0 Å². The van der Waals surface area contributed by atoms with Gasteiger partial charge in [0.15, 0.2) is 5.96 Å². The molecule has 5 heteroatoms. The number of aliphatic imine (C=N–C) groups is 1. The predicted octanol–water partition coefficient (Wildman–Crippen LogP) is 2.62. The minimum absolute atomic E-state index is 0.175. The molecular formula is C19H38N4O. The van der Waals surface area contributed by atoms with Crippen molar-refractivity contribution in [2.45, 2.75) is 69.9 Å². The standard InChI is InChI=1S/C19H38N4O/c1-5-6-16-7-9-17(10-8-16)22-18(20-2)21-15-19(23(3)4)11-13-24-14-12-19/h16-17H,5-15H2,1-4H3,(H2,20,21,22). The van der Waals surface area contributed by atoms with Crippen LogP contribution < -0.4 is 10.6 Å². The lowest BCUT2D eigenvalue weighted by Crippen LogP contribution is -2.57. The monoisotopic (exact) mass is 338 g/mol. The molecule has 0 amide bonds. The van der Waals surface area contributed by atoms with Gasteiger partial charge in [0.1, 0.15) is 0 Å². The first-order valence-electron chi connectivity index (χ1n) is 9.82. The van der Waals surface area contributed by atoms with Crippen LogP contribution in [0.25, 0.3) is 0 Å². The number of ether oxygens (including phenoxy) is 1. The topological polar surface area (TPSA) is 48.9 Å². The van der Waals surface area contributed by atoms with E-state index < -0.39 is 0 Å². The molecule has 0 radical (unpaired) electrons. The number of nitrogens with one attached hydrogen (secondary N) is 2. The summed E-state index contributed by atoms with van der Waals surface area (Å²) in [5, 5.41) is 7.24. The molecule has 2 N–H and O–H groups in total. The highest BCUT2D eigenvalue weighted by Gasteiger charge is 2.35. The molecule has 2 rings (SSSR count). The van der Waals surface area contributed by atoms with E-state index in [1.807, 2.05) is 7.05 Å². The molecule has 0 aromatic rings. The van der Waals surface area contributed by atoms with Crippen LogP contribution in [0.1, 0.15) is 58.3 Å². The van der Waals surface area contributed by atoms with Gasteiger partial charge in [-0.3, -0.25) is 4.99 Å². The smallest absolute Gasteiger partial charge is 0.191 e. The summed E-state index contributed by atoms with van der Waals surface area (Å²) in [7, 11) is 6.24. The fourth-order valence-electron chi connectivity index (χ4n) is 4.17. The number of rotatable bonds is 6. The van der Waals surface area contributed by atoms with Crippen LogP contribution in [-0.4, -0.2) is 63.3 Å². The van der Waals surface area contributed by atoms with Crippen LogP contribution in [0, 0.1) is 5.92 Å². The van der Waals surface area contributed by atoms with Crippen LogP contribution in [0.3, 0.4) is 0 Å². The molecule has 2 fully saturated rings. The molecule has 2 aliphatic rings. The summed E-state index contributed by atoms with van der Waals surface area (Å²) >= 11 is 0. The largest absolute Gasteiger partial charge is 0.381 e. The second-order valence-electron chi connectivity index (χ2n) is 7.81. The van der Waals surface area contributed by atoms with Crippen LogP contribution in [0.5, 0.6) is 0 Å². The molecule has 5 nitrogen and oxygen atoms in total. The minimum Gasteiger partial charge on any atom is -0.381 e. The average molecular weight is 339 g/mol. The first-order valence-corrected chi connectivity index (χ1v) is 9.82. The zero-order valence-electron chi connectivity index (χ0n) is 16.2.